The van der Waals surface area contributed by atoms with E-state index in [1.165, 1.54) is 22.3 Å². The molecule has 0 radical (unpaired) electrons. The van der Waals surface area contributed by atoms with Crippen LogP contribution in [0.1, 0.15) is 29.4 Å². The fourth-order valence-electron chi connectivity index (χ4n) is 1.69. The van der Waals surface area contributed by atoms with Gasteiger partial charge in [-0.25, -0.2) is 4.79 Å². The van der Waals surface area contributed by atoms with Crippen LogP contribution < -0.4 is 5.32 Å². The van der Waals surface area contributed by atoms with Crippen LogP contribution in [0.3, 0.4) is 0 Å². The van der Waals surface area contributed by atoms with E-state index in [1.807, 2.05) is 6.92 Å². The summed E-state index contributed by atoms with van der Waals surface area (Å²) in [4.78, 5) is 23.6. The molecule has 0 unspecified atom stereocenters. The number of aliphatic carboxylic acids is 1. The summed E-state index contributed by atoms with van der Waals surface area (Å²) < 4.78 is 1.36. The average Bonchev–Trinajstić information content (AvgIpc) is 3.08. The second-order valence-corrected chi connectivity index (χ2v) is 4.96. The first-order valence-corrected chi connectivity index (χ1v) is 6.86. The van der Waals surface area contributed by atoms with Gasteiger partial charge in [0.25, 0.3) is 5.91 Å². The van der Waals surface area contributed by atoms with Gasteiger partial charge in [0.1, 0.15) is 17.2 Å². The van der Waals surface area contributed by atoms with Gasteiger partial charge < -0.3 is 10.4 Å². The first kappa shape index (κ1) is 14.1. The Morgan fingerprint density at radius 2 is 2.35 bits per heavy atom. The van der Waals surface area contributed by atoms with Gasteiger partial charge in [-0.05, 0) is 28.3 Å². The third-order valence-corrected chi connectivity index (χ3v) is 3.53. The Kier molecular flexibility index (Phi) is 4.41. The molecule has 2 aromatic heterocycles. The molecule has 106 valence electrons. The fraction of sp³-hybridized carbons (Fsp3) is 0.364. The van der Waals surface area contributed by atoms with E-state index in [9.17, 15) is 9.59 Å². The highest BCUT2D eigenvalue weighted by Crippen LogP contribution is 2.20. The molecule has 1 atom stereocenters. The second kappa shape index (κ2) is 6.24. The van der Waals surface area contributed by atoms with Crippen LogP contribution in [0.15, 0.2) is 17.8 Å². The predicted molar refractivity (Wildman–Crippen MR) is 70.8 cm³/mol. The summed E-state index contributed by atoms with van der Waals surface area (Å²) >= 11 is 1.21. The Morgan fingerprint density at radius 3 is 2.95 bits per heavy atom. The molecule has 0 aromatic carbocycles. The number of hydrogen-bond donors (Lipinski definition) is 2. The van der Waals surface area contributed by atoms with E-state index in [2.05, 4.69) is 20.8 Å². The minimum absolute atomic E-state index is 0.375. The zero-order chi connectivity index (χ0) is 14.5. The highest BCUT2D eigenvalue weighted by Gasteiger charge is 2.22. The van der Waals surface area contributed by atoms with Crippen LogP contribution in [0.25, 0.3) is 5.69 Å². The molecular weight excluding hydrogens is 282 g/mol. The SMILES string of the molecule is CCC[C@H](NC(=O)c1sccc1-n1cnnn1)C(=O)O. The Bertz CT molecular complexity index is 595. The molecule has 2 rings (SSSR count). The van der Waals surface area contributed by atoms with Crippen LogP contribution in [0.4, 0.5) is 0 Å². The van der Waals surface area contributed by atoms with Crippen LogP contribution in [0.5, 0.6) is 0 Å². The lowest BCUT2D eigenvalue weighted by molar-refractivity contribution is -0.139. The van der Waals surface area contributed by atoms with Crippen LogP contribution in [0, 0.1) is 0 Å². The number of nitrogens with zero attached hydrogens (tertiary/aromatic N) is 4. The Hall–Kier alpha value is -2.29. The highest BCUT2D eigenvalue weighted by atomic mass is 32.1. The molecule has 2 aromatic rings. The molecule has 0 saturated heterocycles. The van der Waals surface area contributed by atoms with Crippen molar-refractivity contribution >= 4 is 23.2 Å². The van der Waals surface area contributed by atoms with Crippen molar-refractivity contribution in [3.63, 3.8) is 0 Å². The summed E-state index contributed by atoms with van der Waals surface area (Å²) in [6.45, 7) is 1.86. The fourth-order valence-corrected chi connectivity index (χ4v) is 2.48. The molecular formula is C11H13N5O3S. The van der Waals surface area contributed by atoms with Gasteiger partial charge in [0, 0.05) is 0 Å². The molecule has 0 fully saturated rings. The molecule has 0 spiro atoms. The molecule has 0 aliphatic heterocycles. The lowest BCUT2D eigenvalue weighted by atomic mass is 10.1. The molecule has 0 aliphatic carbocycles. The zero-order valence-electron chi connectivity index (χ0n) is 10.7. The average molecular weight is 295 g/mol. The van der Waals surface area contributed by atoms with Crippen molar-refractivity contribution in [3.8, 4) is 5.69 Å². The maximum atomic E-state index is 12.2. The van der Waals surface area contributed by atoms with Gasteiger partial charge in [-0.1, -0.05) is 13.3 Å². The zero-order valence-corrected chi connectivity index (χ0v) is 11.5. The van der Waals surface area contributed by atoms with Crippen molar-refractivity contribution < 1.29 is 14.7 Å². The van der Waals surface area contributed by atoms with Gasteiger partial charge in [0.2, 0.25) is 0 Å². The number of amides is 1. The molecule has 8 nitrogen and oxygen atoms in total. The van der Waals surface area contributed by atoms with Crippen molar-refractivity contribution in [3.05, 3.63) is 22.7 Å². The van der Waals surface area contributed by atoms with E-state index < -0.39 is 17.9 Å². The minimum Gasteiger partial charge on any atom is -0.480 e. The topological polar surface area (TPSA) is 110 Å². The van der Waals surface area contributed by atoms with E-state index >= 15 is 0 Å². The third kappa shape index (κ3) is 2.99. The number of carbonyl (C=O) groups is 2. The number of carbonyl (C=O) groups excluding carboxylic acids is 1. The Morgan fingerprint density at radius 1 is 1.55 bits per heavy atom. The van der Waals surface area contributed by atoms with Crippen LogP contribution in [-0.4, -0.2) is 43.2 Å². The number of aromatic nitrogens is 4. The minimum atomic E-state index is -1.04. The van der Waals surface area contributed by atoms with Gasteiger partial charge in [-0.15, -0.1) is 16.4 Å². The predicted octanol–water partition coefficient (Wildman–Crippen LogP) is 0.707. The maximum Gasteiger partial charge on any atom is 0.326 e. The molecule has 0 saturated carbocycles. The Labute approximate surface area is 118 Å². The second-order valence-electron chi connectivity index (χ2n) is 4.04. The van der Waals surface area contributed by atoms with Gasteiger partial charge >= 0.3 is 5.97 Å². The molecule has 2 heterocycles. The molecule has 20 heavy (non-hydrogen) atoms. The number of hydrogen-bond acceptors (Lipinski definition) is 6. The first-order valence-electron chi connectivity index (χ1n) is 5.98. The normalized spacial score (nSPS) is 12.1. The van der Waals surface area contributed by atoms with E-state index in [1.54, 1.807) is 11.4 Å². The van der Waals surface area contributed by atoms with Gasteiger partial charge in [0.05, 0.1) is 5.69 Å². The van der Waals surface area contributed by atoms with E-state index in [0.717, 1.165) is 0 Å². The summed E-state index contributed by atoms with van der Waals surface area (Å²) in [7, 11) is 0. The molecule has 9 heteroatoms. The molecule has 1 amide bonds. The van der Waals surface area contributed by atoms with Crippen molar-refractivity contribution in [2.75, 3.05) is 0 Å². The number of carboxylic acid groups (broad SMARTS) is 1. The maximum absolute atomic E-state index is 12.2. The summed E-state index contributed by atoms with van der Waals surface area (Å²) in [5.41, 5.74) is 0.526. The molecule has 2 N–H and O–H groups in total. The summed E-state index contributed by atoms with van der Waals surface area (Å²) in [5, 5.41) is 24.0. The summed E-state index contributed by atoms with van der Waals surface area (Å²) in [6.07, 6.45) is 2.42. The third-order valence-electron chi connectivity index (χ3n) is 2.63. The van der Waals surface area contributed by atoms with Gasteiger partial charge in [-0.3, -0.25) is 4.79 Å². The smallest absolute Gasteiger partial charge is 0.326 e. The monoisotopic (exact) mass is 295 g/mol. The standard InChI is InChI=1S/C11H13N5O3S/c1-2-3-7(11(18)19)13-10(17)9-8(4-5-20-9)16-6-12-14-15-16/h4-7H,2-3H2,1H3,(H,13,17)(H,18,19)/t7-/m0/s1. The number of rotatable bonds is 6. The van der Waals surface area contributed by atoms with Crippen LogP contribution in [-0.2, 0) is 4.79 Å². The Balaban J connectivity index is 2.18. The van der Waals surface area contributed by atoms with Crippen molar-refractivity contribution in [2.24, 2.45) is 0 Å². The molecule has 0 aliphatic rings. The number of nitrogens with one attached hydrogen (secondary N) is 1. The largest absolute Gasteiger partial charge is 0.480 e. The van der Waals surface area contributed by atoms with E-state index in [4.69, 9.17) is 5.11 Å². The summed E-state index contributed by atoms with van der Waals surface area (Å²) in [6, 6.07) is 0.808. The lowest BCUT2D eigenvalue weighted by Crippen LogP contribution is -2.40. The van der Waals surface area contributed by atoms with Crippen LogP contribution >= 0.6 is 11.3 Å². The lowest BCUT2D eigenvalue weighted by Gasteiger charge is -2.13. The highest BCUT2D eigenvalue weighted by molar-refractivity contribution is 7.12. The quantitative estimate of drug-likeness (QED) is 0.812. The van der Waals surface area contributed by atoms with Gasteiger partial charge in [-0.2, -0.15) is 4.68 Å². The van der Waals surface area contributed by atoms with E-state index in [-0.39, 0.29) is 0 Å². The van der Waals surface area contributed by atoms with Crippen LogP contribution in [0.2, 0.25) is 0 Å². The number of thiophene rings is 1. The first-order chi connectivity index (χ1) is 9.63. The van der Waals surface area contributed by atoms with Crippen molar-refractivity contribution in [2.45, 2.75) is 25.8 Å². The summed E-state index contributed by atoms with van der Waals surface area (Å²) in [5.74, 6) is -1.48. The van der Waals surface area contributed by atoms with Gasteiger partial charge in [0.15, 0.2) is 0 Å². The van der Waals surface area contributed by atoms with Crippen molar-refractivity contribution in [1.29, 1.82) is 0 Å². The number of tetrazole rings is 1. The molecule has 0 bridgehead atoms. The van der Waals surface area contributed by atoms with E-state index in [0.29, 0.717) is 23.4 Å². The van der Waals surface area contributed by atoms with Crippen molar-refractivity contribution in [1.82, 2.24) is 25.5 Å². The number of carboxylic acids is 1.